The SMILES string of the molecule is CCSC1CCC(N(C)C(=O)Cn2nc(-c3ccccc3)ccc2=O)C1. The maximum Gasteiger partial charge on any atom is 0.267 e. The first-order valence-corrected chi connectivity index (χ1v) is 10.1. The van der Waals surface area contributed by atoms with Crippen LogP contribution in [-0.4, -0.2) is 44.7 Å². The van der Waals surface area contributed by atoms with E-state index in [1.807, 2.05) is 49.1 Å². The van der Waals surface area contributed by atoms with Gasteiger partial charge in [0, 0.05) is 30.0 Å². The fourth-order valence-electron chi connectivity index (χ4n) is 3.42. The summed E-state index contributed by atoms with van der Waals surface area (Å²) in [4.78, 5) is 26.6. The lowest BCUT2D eigenvalue weighted by molar-refractivity contribution is -0.132. The van der Waals surface area contributed by atoms with Gasteiger partial charge in [-0.3, -0.25) is 9.59 Å². The van der Waals surface area contributed by atoms with Gasteiger partial charge in [0.25, 0.3) is 5.56 Å². The van der Waals surface area contributed by atoms with Gasteiger partial charge in [-0.15, -0.1) is 0 Å². The third kappa shape index (κ3) is 4.36. The minimum Gasteiger partial charge on any atom is -0.341 e. The summed E-state index contributed by atoms with van der Waals surface area (Å²) in [5.74, 6) is 1.05. The van der Waals surface area contributed by atoms with Crippen molar-refractivity contribution >= 4 is 17.7 Å². The third-order valence-electron chi connectivity index (χ3n) is 4.92. The second-order valence-electron chi connectivity index (χ2n) is 6.63. The number of carbonyl (C=O) groups excluding carboxylic acids is 1. The molecule has 26 heavy (non-hydrogen) atoms. The van der Waals surface area contributed by atoms with Crippen LogP contribution < -0.4 is 5.56 Å². The molecule has 1 saturated carbocycles. The summed E-state index contributed by atoms with van der Waals surface area (Å²) in [6.45, 7) is 2.16. The molecule has 1 heterocycles. The minimum atomic E-state index is -0.253. The maximum atomic E-state index is 12.7. The van der Waals surface area contributed by atoms with E-state index < -0.39 is 0 Å². The number of aromatic nitrogens is 2. The summed E-state index contributed by atoms with van der Waals surface area (Å²) in [5.41, 5.74) is 1.37. The predicted octanol–water partition coefficient (Wildman–Crippen LogP) is 3.04. The molecule has 0 saturated heterocycles. The van der Waals surface area contributed by atoms with Gasteiger partial charge < -0.3 is 4.90 Å². The molecule has 2 unspecified atom stereocenters. The molecular weight excluding hydrogens is 346 g/mol. The molecule has 1 aliphatic carbocycles. The van der Waals surface area contributed by atoms with Gasteiger partial charge in [0.15, 0.2) is 0 Å². The minimum absolute atomic E-state index is 0.0158. The fourth-order valence-corrected chi connectivity index (χ4v) is 4.56. The molecule has 1 aromatic heterocycles. The summed E-state index contributed by atoms with van der Waals surface area (Å²) >= 11 is 1.97. The highest BCUT2D eigenvalue weighted by Gasteiger charge is 2.30. The first-order chi connectivity index (χ1) is 12.6. The van der Waals surface area contributed by atoms with Crippen molar-refractivity contribution in [2.45, 2.75) is 44.0 Å². The number of carbonyl (C=O) groups is 1. The molecule has 2 atom stereocenters. The van der Waals surface area contributed by atoms with E-state index in [9.17, 15) is 9.59 Å². The molecule has 0 N–H and O–H groups in total. The second kappa shape index (κ2) is 8.54. The van der Waals surface area contributed by atoms with Crippen LogP contribution in [0.2, 0.25) is 0 Å². The Morgan fingerprint density at radius 2 is 2.00 bits per heavy atom. The van der Waals surface area contributed by atoms with E-state index in [0.717, 1.165) is 30.6 Å². The Hall–Kier alpha value is -2.08. The topological polar surface area (TPSA) is 55.2 Å². The fraction of sp³-hybridized carbons (Fsp3) is 0.450. The van der Waals surface area contributed by atoms with Crippen LogP contribution in [0.1, 0.15) is 26.2 Å². The lowest BCUT2D eigenvalue weighted by Gasteiger charge is -2.25. The van der Waals surface area contributed by atoms with Crippen LogP contribution in [0.4, 0.5) is 0 Å². The molecule has 6 heteroatoms. The van der Waals surface area contributed by atoms with E-state index in [0.29, 0.717) is 10.9 Å². The molecule has 0 spiro atoms. The first kappa shape index (κ1) is 18.7. The average molecular weight is 372 g/mol. The van der Waals surface area contributed by atoms with Gasteiger partial charge in [0.05, 0.1) is 5.69 Å². The van der Waals surface area contributed by atoms with Gasteiger partial charge >= 0.3 is 0 Å². The van der Waals surface area contributed by atoms with Crippen LogP contribution in [0, 0.1) is 0 Å². The van der Waals surface area contributed by atoms with Crippen molar-refractivity contribution < 1.29 is 4.79 Å². The molecule has 1 aliphatic rings. The second-order valence-corrected chi connectivity index (χ2v) is 8.21. The van der Waals surface area contributed by atoms with E-state index in [-0.39, 0.29) is 24.1 Å². The number of hydrogen-bond donors (Lipinski definition) is 0. The van der Waals surface area contributed by atoms with Crippen LogP contribution in [0.3, 0.4) is 0 Å². The van der Waals surface area contributed by atoms with Crippen LogP contribution in [0.15, 0.2) is 47.3 Å². The smallest absolute Gasteiger partial charge is 0.267 e. The summed E-state index contributed by atoms with van der Waals surface area (Å²) in [6, 6.07) is 13.1. The summed E-state index contributed by atoms with van der Waals surface area (Å²) in [5, 5.41) is 5.03. The normalized spacial score (nSPS) is 19.5. The largest absolute Gasteiger partial charge is 0.341 e. The van der Waals surface area contributed by atoms with Gasteiger partial charge in [-0.1, -0.05) is 37.3 Å². The lowest BCUT2D eigenvalue weighted by Crippen LogP contribution is -2.40. The number of hydrogen-bond acceptors (Lipinski definition) is 4. The van der Waals surface area contributed by atoms with Crippen LogP contribution in [-0.2, 0) is 11.3 Å². The summed E-state index contributed by atoms with van der Waals surface area (Å²) in [7, 11) is 1.85. The highest BCUT2D eigenvalue weighted by Crippen LogP contribution is 2.32. The average Bonchev–Trinajstić information content (AvgIpc) is 3.12. The van der Waals surface area contributed by atoms with E-state index in [1.54, 1.807) is 11.0 Å². The van der Waals surface area contributed by atoms with E-state index in [1.165, 1.54) is 10.7 Å². The Bertz CT molecular complexity index is 806. The van der Waals surface area contributed by atoms with Crippen molar-refractivity contribution in [3.8, 4) is 11.3 Å². The zero-order valence-corrected chi connectivity index (χ0v) is 16.1. The number of nitrogens with zero attached hydrogens (tertiary/aromatic N) is 3. The lowest BCUT2D eigenvalue weighted by atomic mass is 10.1. The molecule has 1 aromatic carbocycles. The number of thioether (sulfide) groups is 1. The molecule has 0 bridgehead atoms. The Labute approximate surface area is 158 Å². The van der Waals surface area contributed by atoms with Crippen LogP contribution >= 0.6 is 11.8 Å². The van der Waals surface area contributed by atoms with Crippen LogP contribution in [0.5, 0.6) is 0 Å². The molecule has 0 radical (unpaired) electrons. The Morgan fingerprint density at radius 1 is 1.23 bits per heavy atom. The van der Waals surface area contributed by atoms with Crippen molar-refractivity contribution in [3.05, 3.63) is 52.8 Å². The van der Waals surface area contributed by atoms with Crippen LogP contribution in [0.25, 0.3) is 11.3 Å². The Morgan fingerprint density at radius 3 is 2.73 bits per heavy atom. The first-order valence-electron chi connectivity index (χ1n) is 9.09. The summed E-state index contributed by atoms with van der Waals surface area (Å²) < 4.78 is 1.27. The monoisotopic (exact) mass is 371 g/mol. The number of amides is 1. The standard InChI is InChI=1S/C20H25N3O2S/c1-3-26-17-10-9-16(13-17)22(2)20(25)14-23-19(24)12-11-18(21-23)15-7-5-4-6-8-15/h4-8,11-12,16-17H,3,9-10,13-14H2,1-2H3. The molecule has 1 fully saturated rings. The van der Waals surface area contributed by atoms with Gasteiger partial charge in [0.1, 0.15) is 6.54 Å². The molecule has 1 amide bonds. The molecular formula is C20H25N3O2S. The number of rotatable bonds is 6. The van der Waals surface area contributed by atoms with Gasteiger partial charge in [-0.05, 0) is 31.1 Å². The number of benzene rings is 1. The van der Waals surface area contributed by atoms with Crippen molar-refractivity contribution in [2.75, 3.05) is 12.8 Å². The van der Waals surface area contributed by atoms with Crippen molar-refractivity contribution in [3.63, 3.8) is 0 Å². The molecule has 3 rings (SSSR count). The molecule has 138 valence electrons. The summed E-state index contributed by atoms with van der Waals surface area (Å²) in [6.07, 6.45) is 3.22. The highest BCUT2D eigenvalue weighted by atomic mass is 32.2. The van der Waals surface area contributed by atoms with Gasteiger partial charge in [0.2, 0.25) is 5.91 Å². The zero-order valence-electron chi connectivity index (χ0n) is 15.3. The van der Waals surface area contributed by atoms with E-state index in [4.69, 9.17) is 0 Å². The predicted molar refractivity (Wildman–Crippen MR) is 106 cm³/mol. The molecule has 5 nitrogen and oxygen atoms in total. The van der Waals surface area contributed by atoms with Crippen molar-refractivity contribution in [2.24, 2.45) is 0 Å². The van der Waals surface area contributed by atoms with Gasteiger partial charge in [-0.2, -0.15) is 16.9 Å². The highest BCUT2D eigenvalue weighted by molar-refractivity contribution is 7.99. The van der Waals surface area contributed by atoms with E-state index in [2.05, 4.69) is 12.0 Å². The van der Waals surface area contributed by atoms with Gasteiger partial charge in [-0.25, -0.2) is 4.68 Å². The third-order valence-corrected chi connectivity index (χ3v) is 6.15. The molecule has 2 aromatic rings. The Kier molecular flexibility index (Phi) is 6.14. The maximum absolute atomic E-state index is 12.7. The molecule has 0 aliphatic heterocycles. The van der Waals surface area contributed by atoms with Crippen molar-refractivity contribution in [1.82, 2.24) is 14.7 Å². The zero-order chi connectivity index (χ0) is 18.5. The van der Waals surface area contributed by atoms with E-state index >= 15 is 0 Å². The number of likely N-dealkylation sites (N-methyl/N-ethyl adjacent to an activating group) is 1. The van der Waals surface area contributed by atoms with Crippen molar-refractivity contribution in [1.29, 1.82) is 0 Å². The quantitative estimate of drug-likeness (QED) is 0.783. The Balaban J connectivity index is 1.70.